The van der Waals surface area contributed by atoms with Crippen molar-refractivity contribution in [2.24, 2.45) is 0 Å². The Kier molecular flexibility index (Phi) is 4.76. The average Bonchev–Trinajstić information content (AvgIpc) is 3.20. The predicted octanol–water partition coefficient (Wildman–Crippen LogP) is 1.97. The van der Waals surface area contributed by atoms with Gasteiger partial charge in [-0.2, -0.15) is 0 Å². The van der Waals surface area contributed by atoms with Gasteiger partial charge >= 0.3 is 0 Å². The molecule has 0 aromatic heterocycles. The smallest absolute Gasteiger partial charge is 0.279 e. The number of carbonyl (C=O) groups is 3. The number of carbonyl (C=O) groups excluding carboxylic acids is 3. The summed E-state index contributed by atoms with van der Waals surface area (Å²) in [5.41, 5.74) is 0.0310. The minimum atomic E-state index is -2.30. The third kappa shape index (κ3) is 3.45. The first-order chi connectivity index (χ1) is 13.8. The molecule has 2 N–H and O–H groups in total. The fourth-order valence-electron chi connectivity index (χ4n) is 3.60. The number of aliphatic hydroxyl groups is 1. The third-order valence-corrected chi connectivity index (χ3v) is 5.38. The molecule has 2 aromatic rings. The summed E-state index contributed by atoms with van der Waals surface area (Å²) in [5.74, 6) is -2.36. The molecule has 1 saturated heterocycles. The summed E-state index contributed by atoms with van der Waals surface area (Å²) in [6, 6.07) is 10.5. The fraction of sp³-hybridized carbons (Fsp3) is 0.250. The second kappa shape index (κ2) is 7.13. The van der Waals surface area contributed by atoms with Gasteiger partial charge in [-0.15, -0.1) is 0 Å². The van der Waals surface area contributed by atoms with Gasteiger partial charge in [0.05, 0.1) is 13.0 Å². The van der Waals surface area contributed by atoms with Gasteiger partial charge < -0.3 is 15.3 Å². The van der Waals surface area contributed by atoms with Crippen LogP contribution in [0.4, 0.5) is 15.8 Å². The van der Waals surface area contributed by atoms with Crippen LogP contribution in [-0.4, -0.2) is 39.4 Å². The van der Waals surface area contributed by atoms with E-state index < -0.39 is 23.2 Å². The van der Waals surface area contributed by atoms with Gasteiger partial charge in [0.25, 0.3) is 11.8 Å². The van der Waals surface area contributed by atoms with Crippen molar-refractivity contribution in [2.45, 2.75) is 25.0 Å². The lowest BCUT2D eigenvalue weighted by Crippen LogP contribution is -2.51. The second-order valence-electron chi connectivity index (χ2n) is 7.09. The van der Waals surface area contributed by atoms with Crippen LogP contribution in [0, 0.1) is 5.82 Å². The minimum absolute atomic E-state index is 0.117. The van der Waals surface area contributed by atoms with Crippen LogP contribution in [0.25, 0.3) is 0 Å². The number of halogens is 2. The molecule has 0 unspecified atom stereocenters. The third-order valence-electron chi connectivity index (χ3n) is 5.11. The Morgan fingerprint density at radius 2 is 2.07 bits per heavy atom. The predicted molar refractivity (Wildman–Crippen MR) is 103 cm³/mol. The highest BCUT2D eigenvalue weighted by atomic mass is 35.5. The molecule has 0 spiro atoms. The highest BCUT2D eigenvalue weighted by Crippen LogP contribution is 2.34. The van der Waals surface area contributed by atoms with E-state index in [-0.39, 0.29) is 31.8 Å². The molecule has 0 bridgehead atoms. The molecule has 0 radical (unpaired) electrons. The topological polar surface area (TPSA) is 90.0 Å². The van der Waals surface area contributed by atoms with Gasteiger partial charge in [0, 0.05) is 36.1 Å². The molecule has 0 saturated carbocycles. The van der Waals surface area contributed by atoms with E-state index in [1.54, 1.807) is 24.3 Å². The van der Waals surface area contributed by atoms with E-state index in [9.17, 15) is 23.9 Å². The maximum Gasteiger partial charge on any atom is 0.279 e. The Morgan fingerprint density at radius 3 is 2.83 bits per heavy atom. The summed E-state index contributed by atoms with van der Waals surface area (Å²) < 4.78 is 14.0. The molecular weight excluding hydrogens is 401 g/mol. The molecule has 2 aromatic carbocycles. The maximum absolute atomic E-state index is 13.3. The van der Waals surface area contributed by atoms with E-state index in [0.29, 0.717) is 21.4 Å². The summed E-state index contributed by atoms with van der Waals surface area (Å²) in [7, 11) is 0. The highest BCUT2D eigenvalue weighted by molar-refractivity contribution is 6.27. The molecule has 1 atom stereocenters. The van der Waals surface area contributed by atoms with Crippen molar-refractivity contribution in [3.05, 3.63) is 59.4 Å². The number of benzene rings is 2. The Hall–Kier alpha value is -2.97. The Morgan fingerprint density at radius 1 is 1.28 bits per heavy atom. The van der Waals surface area contributed by atoms with Crippen molar-refractivity contribution >= 4 is 40.9 Å². The SMILES string of the molecule is O=C1Cc2cc(N3CC[C@@](O)(C(=O)N(Cl)Cc4cccc(F)c4)C3=O)ccc2N1. The average molecular weight is 418 g/mol. The first kappa shape index (κ1) is 19.4. The van der Waals surface area contributed by atoms with Crippen molar-refractivity contribution in [1.82, 2.24) is 4.42 Å². The Balaban J connectivity index is 1.51. The lowest BCUT2D eigenvalue weighted by atomic mass is 10.0. The lowest BCUT2D eigenvalue weighted by Gasteiger charge is -2.25. The summed E-state index contributed by atoms with van der Waals surface area (Å²) >= 11 is 6.02. The highest BCUT2D eigenvalue weighted by Gasteiger charge is 2.53. The quantitative estimate of drug-likeness (QED) is 0.588. The van der Waals surface area contributed by atoms with Crippen LogP contribution in [0.15, 0.2) is 42.5 Å². The van der Waals surface area contributed by atoms with E-state index in [2.05, 4.69) is 5.32 Å². The standard InChI is InChI=1S/C20H17ClFN3O4/c21-25(11-12-2-1-3-14(22)8-12)19(28)20(29)6-7-24(18(20)27)15-4-5-16-13(9-15)10-17(26)23-16/h1-5,8-9,29H,6-7,10-11H2,(H,23,26)/t20-/m0/s1. The molecule has 2 aliphatic heterocycles. The van der Waals surface area contributed by atoms with Gasteiger partial charge in [0.15, 0.2) is 0 Å². The van der Waals surface area contributed by atoms with Crippen LogP contribution in [0.5, 0.6) is 0 Å². The molecule has 2 heterocycles. The molecule has 7 nitrogen and oxygen atoms in total. The summed E-state index contributed by atoms with van der Waals surface area (Å²) in [6.07, 6.45) is 0.0722. The number of hydrogen-bond acceptors (Lipinski definition) is 4. The number of nitrogens with one attached hydrogen (secondary N) is 1. The van der Waals surface area contributed by atoms with Crippen molar-refractivity contribution in [2.75, 3.05) is 16.8 Å². The van der Waals surface area contributed by atoms with Gasteiger partial charge in [-0.05, 0) is 41.5 Å². The molecule has 0 aliphatic carbocycles. The monoisotopic (exact) mass is 417 g/mol. The lowest BCUT2D eigenvalue weighted by molar-refractivity contribution is -0.153. The Bertz CT molecular complexity index is 1030. The van der Waals surface area contributed by atoms with Crippen molar-refractivity contribution in [3.8, 4) is 0 Å². The molecule has 3 amide bonds. The number of amides is 3. The van der Waals surface area contributed by atoms with E-state index in [4.69, 9.17) is 11.8 Å². The molecule has 1 fully saturated rings. The molecule has 29 heavy (non-hydrogen) atoms. The maximum atomic E-state index is 13.3. The number of nitrogens with zero attached hydrogens (tertiary/aromatic N) is 2. The van der Waals surface area contributed by atoms with Crippen LogP contribution >= 0.6 is 11.8 Å². The number of anilines is 2. The molecule has 2 aliphatic rings. The van der Waals surface area contributed by atoms with Gasteiger partial charge in [0.1, 0.15) is 5.82 Å². The molecule has 4 rings (SSSR count). The van der Waals surface area contributed by atoms with E-state index in [0.717, 1.165) is 5.56 Å². The van der Waals surface area contributed by atoms with Crippen LogP contribution in [0.1, 0.15) is 17.5 Å². The zero-order valence-electron chi connectivity index (χ0n) is 15.2. The summed E-state index contributed by atoms with van der Waals surface area (Å²) in [5, 5.41) is 13.5. The summed E-state index contributed by atoms with van der Waals surface area (Å²) in [4.78, 5) is 38.4. The number of hydrogen-bond donors (Lipinski definition) is 2. The van der Waals surface area contributed by atoms with Crippen LogP contribution in [0.2, 0.25) is 0 Å². The van der Waals surface area contributed by atoms with Crippen LogP contribution < -0.4 is 10.2 Å². The van der Waals surface area contributed by atoms with Gasteiger partial charge in [-0.1, -0.05) is 12.1 Å². The van der Waals surface area contributed by atoms with Crippen LogP contribution in [-0.2, 0) is 27.3 Å². The van der Waals surface area contributed by atoms with Gasteiger partial charge in [-0.25, -0.2) is 8.81 Å². The number of rotatable bonds is 4. The first-order valence-electron chi connectivity index (χ1n) is 8.97. The van der Waals surface area contributed by atoms with Crippen molar-refractivity contribution in [1.29, 1.82) is 0 Å². The van der Waals surface area contributed by atoms with E-state index in [1.807, 2.05) is 0 Å². The fourth-order valence-corrected chi connectivity index (χ4v) is 3.88. The zero-order valence-corrected chi connectivity index (χ0v) is 15.9. The van der Waals surface area contributed by atoms with Crippen molar-refractivity contribution < 1.29 is 23.9 Å². The van der Waals surface area contributed by atoms with E-state index >= 15 is 0 Å². The van der Waals surface area contributed by atoms with E-state index in [1.165, 1.54) is 23.1 Å². The zero-order chi connectivity index (χ0) is 20.8. The Labute approximate surface area is 170 Å². The van der Waals surface area contributed by atoms with Crippen LogP contribution in [0.3, 0.4) is 0 Å². The molecular formula is C20H17ClFN3O4. The first-order valence-corrected chi connectivity index (χ1v) is 9.31. The largest absolute Gasteiger partial charge is 0.372 e. The normalized spacial score (nSPS) is 20.6. The number of fused-ring (bicyclic) bond motifs is 1. The molecule has 9 heteroatoms. The second-order valence-corrected chi connectivity index (χ2v) is 7.50. The van der Waals surface area contributed by atoms with Gasteiger partial charge in [0.2, 0.25) is 11.5 Å². The minimum Gasteiger partial charge on any atom is -0.372 e. The molecule has 150 valence electrons. The van der Waals surface area contributed by atoms with Crippen molar-refractivity contribution in [3.63, 3.8) is 0 Å². The summed E-state index contributed by atoms with van der Waals surface area (Å²) in [6.45, 7) is -0.0493. The van der Waals surface area contributed by atoms with Gasteiger partial charge in [-0.3, -0.25) is 14.4 Å².